The van der Waals surface area contributed by atoms with E-state index in [0.717, 1.165) is 44.4 Å². The van der Waals surface area contributed by atoms with E-state index in [1.54, 1.807) is 6.33 Å². The summed E-state index contributed by atoms with van der Waals surface area (Å²) in [6, 6.07) is 7.48. The first-order valence-corrected chi connectivity index (χ1v) is 9.65. The molecule has 1 aromatic carbocycles. The molecule has 0 aliphatic carbocycles. The van der Waals surface area contributed by atoms with E-state index < -0.39 is 0 Å². The topological polar surface area (TPSA) is 73.9 Å². The number of halogens is 1. The second-order valence-electron chi connectivity index (χ2n) is 6.73. The normalized spacial score (nSPS) is 17.1. The lowest BCUT2D eigenvalue weighted by Crippen LogP contribution is -2.43. The number of hydrogen-bond acceptors (Lipinski definition) is 3. The van der Waals surface area contributed by atoms with E-state index in [4.69, 9.17) is 0 Å². The lowest BCUT2D eigenvalue weighted by atomic mass is 9.98. The molecule has 1 atom stereocenters. The van der Waals surface area contributed by atoms with Gasteiger partial charge in [-0.1, -0.05) is 28.1 Å². The zero-order valence-electron chi connectivity index (χ0n) is 15.2. The van der Waals surface area contributed by atoms with Crippen molar-refractivity contribution in [2.45, 2.75) is 26.3 Å². The summed E-state index contributed by atoms with van der Waals surface area (Å²) in [6.45, 7) is 4.72. The quantitative estimate of drug-likeness (QED) is 0.622. The number of aromatic amines is 1. The number of H-pyrrole nitrogens is 1. The third-order valence-electron chi connectivity index (χ3n) is 4.86. The standard InChI is InChI=1S/C20H20BrN5O/c1-12-10-22-19-17(12)18(23-11-24-19)14-6-7-26(13(2)8-14)20(27)25-16-5-3-4-15(21)9-16/h3-5,8-11,13H,6-7H2,1-2H3,(H,25,27)(H,22,23,24). The van der Waals surface area contributed by atoms with Crippen LogP contribution >= 0.6 is 15.9 Å². The fourth-order valence-corrected chi connectivity index (χ4v) is 3.91. The number of aromatic nitrogens is 3. The summed E-state index contributed by atoms with van der Waals surface area (Å²) in [5.74, 6) is 0. The Labute approximate surface area is 165 Å². The van der Waals surface area contributed by atoms with Gasteiger partial charge in [0.15, 0.2) is 0 Å². The Morgan fingerprint density at radius 1 is 1.37 bits per heavy atom. The number of amides is 2. The molecule has 6 nitrogen and oxygen atoms in total. The van der Waals surface area contributed by atoms with E-state index in [2.05, 4.69) is 49.2 Å². The zero-order chi connectivity index (χ0) is 19.0. The third-order valence-corrected chi connectivity index (χ3v) is 5.36. The van der Waals surface area contributed by atoms with Crippen molar-refractivity contribution in [1.29, 1.82) is 0 Å². The van der Waals surface area contributed by atoms with Crippen LogP contribution in [0.5, 0.6) is 0 Å². The van der Waals surface area contributed by atoms with Gasteiger partial charge in [-0.3, -0.25) is 0 Å². The Morgan fingerprint density at radius 2 is 2.22 bits per heavy atom. The minimum Gasteiger partial charge on any atom is -0.346 e. The Balaban J connectivity index is 1.57. The Kier molecular flexibility index (Phi) is 4.70. The number of anilines is 1. The molecule has 27 heavy (non-hydrogen) atoms. The smallest absolute Gasteiger partial charge is 0.322 e. The third kappa shape index (κ3) is 3.47. The summed E-state index contributed by atoms with van der Waals surface area (Å²) in [6.07, 6.45) is 6.42. The van der Waals surface area contributed by atoms with Gasteiger partial charge in [0.2, 0.25) is 0 Å². The van der Waals surface area contributed by atoms with Gasteiger partial charge in [0.05, 0.1) is 5.69 Å². The minimum absolute atomic E-state index is 0.0230. The molecule has 1 unspecified atom stereocenters. The maximum atomic E-state index is 12.7. The Bertz CT molecular complexity index is 1040. The lowest BCUT2D eigenvalue weighted by molar-refractivity contribution is 0.202. The van der Waals surface area contributed by atoms with Crippen LogP contribution in [0.2, 0.25) is 0 Å². The van der Waals surface area contributed by atoms with E-state index in [1.807, 2.05) is 42.3 Å². The molecule has 2 amide bonds. The molecular formula is C20H20BrN5O. The van der Waals surface area contributed by atoms with Crippen LogP contribution in [-0.4, -0.2) is 38.5 Å². The molecule has 1 aliphatic heterocycles. The maximum absolute atomic E-state index is 12.7. The van der Waals surface area contributed by atoms with Crippen molar-refractivity contribution in [1.82, 2.24) is 19.9 Å². The highest BCUT2D eigenvalue weighted by Gasteiger charge is 2.25. The van der Waals surface area contributed by atoms with Crippen LogP contribution in [0.3, 0.4) is 0 Å². The summed E-state index contributed by atoms with van der Waals surface area (Å²) in [5.41, 5.74) is 4.86. The second-order valence-corrected chi connectivity index (χ2v) is 7.65. The minimum atomic E-state index is -0.0958. The molecular weight excluding hydrogens is 406 g/mol. The van der Waals surface area contributed by atoms with Gasteiger partial charge in [-0.2, -0.15) is 0 Å². The van der Waals surface area contributed by atoms with Gasteiger partial charge in [0.1, 0.15) is 12.0 Å². The first kappa shape index (κ1) is 17.7. The van der Waals surface area contributed by atoms with Gasteiger partial charge < -0.3 is 15.2 Å². The molecule has 2 aromatic heterocycles. The average Bonchev–Trinajstić information content (AvgIpc) is 3.03. The molecule has 0 spiro atoms. The summed E-state index contributed by atoms with van der Waals surface area (Å²) < 4.78 is 0.934. The molecule has 7 heteroatoms. The molecule has 0 saturated heterocycles. The van der Waals surface area contributed by atoms with Gasteiger partial charge in [-0.15, -0.1) is 0 Å². The molecule has 0 fully saturated rings. The number of carbonyl (C=O) groups excluding carboxylic acids is 1. The molecule has 0 bridgehead atoms. The van der Waals surface area contributed by atoms with Crippen LogP contribution in [0.1, 0.15) is 24.6 Å². The highest BCUT2D eigenvalue weighted by Crippen LogP contribution is 2.30. The fourth-order valence-electron chi connectivity index (χ4n) is 3.52. The number of fused-ring (bicyclic) bond motifs is 1. The van der Waals surface area contributed by atoms with Crippen molar-refractivity contribution in [3.05, 3.63) is 58.6 Å². The van der Waals surface area contributed by atoms with Gasteiger partial charge in [-0.05, 0) is 49.6 Å². The summed E-state index contributed by atoms with van der Waals surface area (Å²) in [7, 11) is 0. The Hall–Kier alpha value is -2.67. The summed E-state index contributed by atoms with van der Waals surface area (Å²) in [5, 5.41) is 4.03. The van der Waals surface area contributed by atoms with Crippen LogP contribution in [-0.2, 0) is 0 Å². The first-order valence-electron chi connectivity index (χ1n) is 8.86. The van der Waals surface area contributed by atoms with E-state index in [9.17, 15) is 4.79 Å². The van der Waals surface area contributed by atoms with Crippen molar-refractivity contribution >= 4 is 44.3 Å². The number of hydrogen-bond donors (Lipinski definition) is 2. The summed E-state index contributed by atoms with van der Waals surface area (Å²) >= 11 is 3.43. The second kappa shape index (κ2) is 7.15. The fraction of sp³-hybridized carbons (Fsp3) is 0.250. The number of nitrogens with one attached hydrogen (secondary N) is 2. The SMILES string of the molecule is Cc1c[nH]c2ncnc(C3=CC(C)N(C(=O)Nc4cccc(Br)c4)CC3)c12. The number of nitrogens with zero attached hydrogens (tertiary/aromatic N) is 3. The van der Waals surface area contributed by atoms with Crippen LogP contribution in [0, 0.1) is 6.92 Å². The molecule has 1 aliphatic rings. The molecule has 138 valence electrons. The van der Waals surface area contributed by atoms with Crippen molar-refractivity contribution in [3.8, 4) is 0 Å². The highest BCUT2D eigenvalue weighted by atomic mass is 79.9. The molecule has 3 aromatic rings. The average molecular weight is 426 g/mol. The van der Waals surface area contributed by atoms with Crippen molar-refractivity contribution < 1.29 is 4.79 Å². The number of aryl methyl sites for hydroxylation is 1. The van der Waals surface area contributed by atoms with Gasteiger partial charge in [0.25, 0.3) is 0 Å². The van der Waals surface area contributed by atoms with Crippen molar-refractivity contribution in [2.75, 3.05) is 11.9 Å². The predicted molar refractivity (Wildman–Crippen MR) is 111 cm³/mol. The van der Waals surface area contributed by atoms with E-state index in [-0.39, 0.29) is 12.1 Å². The van der Waals surface area contributed by atoms with E-state index in [1.165, 1.54) is 0 Å². The van der Waals surface area contributed by atoms with Crippen LogP contribution < -0.4 is 5.32 Å². The van der Waals surface area contributed by atoms with Gasteiger partial charge in [-0.25, -0.2) is 14.8 Å². The Morgan fingerprint density at radius 3 is 3.00 bits per heavy atom. The number of benzene rings is 1. The van der Waals surface area contributed by atoms with Crippen molar-refractivity contribution in [2.24, 2.45) is 0 Å². The van der Waals surface area contributed by atoms with Gasteiger partial charge >= 0.3 is 6.03 Å². The molecule has 2 N–H and O–H groups in total. The molecule has 0 radical (unpaired) electrons. The van der Waals surface area contributed by atoms with Crippen molar-refractivity contribution in [3.63, 3.8) is 0 Å². The van der Waals surface area contributed by atoms with Crippen LogP contribution in [0.15, 0.2) is 47.3 Å². The predicted octanol–water partition coefficient (Wildman–Crippen LogP) is 4.74. The van der Waals surface area contributed by atoms with Gasteiger partial charge in [0, 0.05) is 34.3 Å². The highest BCUT2D eigenvalue weighted by molar-refractivity contribution is 9.10. The molecule has 0 saturated carbocycles. The van der Waals surface area contributed by atoms with Crippen LogP contribution in [0.4, 0.5) is 10.5 Å². The monoisotopic (exact) mass is 425 g/mol. The number of carbonyl (C=O) groups is 1. The van der Waals surface area contributed by atoms with E-state index in [0.29, 0.717) is 6.54 Å². The molecule has 4 rings (SSSR count). The van der Waals surface area contributed by atoms with E-state index >= 15 is 0 Å². The number of rotatable bonds is 2. The largest absolute Gasteiger partial charge is 0.346 e. The maximum Gasteiger partial charge on any atom is 0.322 e. The summed E-state index contributed by atoms with van der Waals surface area (Å²) in [4.78, 5) is 26.5. The zero-order valence-corrected chi connectivity index (χ0v) is 16.7. The first-order chi connectivity index (χ1) is 13.0. The molecule has 3 heterocycles. The van der Waals surface area contributed by atoms with Crippen LogP contribution in [0.25, 0.3) is 16.6 Å². The number of urea groups is 1. The lowest BCUT2D eigenvalue weighted by Gasteiger charge is -2.32.